The van der Waals surface area contributed by atoms with E-state index in [0.29, 0.717) is 31.0 Å². The van der Waals surface area contributed by atoms with Crippen LogP contribution < -0.4 is 5.73 Å². The first-order valence-electron chi connectivity index (χ1n) is 8.06. The fourth-order valence-electron chi connectivity index (χ4n) is 3.12. The summed E-state index contributed by atoms with van der Waals surface area (Å²) in [6.07, 6.45) is 4.60. The Hall–Kier alpha value is -1.82. The molecule has 0 aromatic carbocycles. The number of piperidine rings is 1. The van der Waals surface area contributed by atoms with E-state index in [2.05, 4.69) is 4.98 Å². The minimum absolute atomic E-state index is 0.0157. The van der Waals surface area contributed by atoms with E-state index in [4.69, 9.17) is 5.73 Å². The van der Waals surface area contributed by atoms with E-state index in [-0.39, 0.29) is 17.6 Å². The highest BCUT2D eigenvalue weighted by atomic mass is 19.1. The number of carbonyl (C=O) groups is 2. The van der Waals surface area contributed by atoms with Crippen LogP contribution in [-0.2, 0) is 4.79 Å². The van der Waals surface area contributed by atoms with Gasteiger partial charge in [0, 0.05) is 31.3 Å². The predicted octanol–water partition coefficient (Wildman–Crippen LogP) is 2.02. The second-order valence-corrected chi connectivity index (χ2v) is 6.45. The number of hydrogen-bond acceptors (Lipinski definition) is 4. The molecule has 0 saturated carbocycles. The maximum Gasteiger partial charge on any atom is 0.239 e. The molecule has 1 fully saturated rings. The molecule has 126 valence electrons. The summed E-state index contributed by atoms with van der Waals surface area (Å²) >= 11 is 0. The van der Waals surface area contributed by atoms with Gasteiger partial charge in [-0.1, -0.05) is 6.92 Å². The van der Waals surface area contributed by atoms with Crippen molar-refractivity contribution in [2.45, 2.75) is 39.2 Å². The maximum absolute atomic E-state index is 13.1. The largest absolute Gasteiger partial charge is 0.341 e. The second kappa shape index (κ2) is 7.64. The van der Waals surface area contributed by atoms with Crippen LogP contribution in [0, 0.1) is 17.7 Å². The van der Waals surface area contributed by atoms with Crippen LogP contribution in [0.1, 0.15) is 43.5 Å². The number of ketones is 1. The minimum Gasteiger partial charge on any atom is -0.341 e. The van der Waals surface area contributed by atoms with Crippen LogP contribution in [0.3, 0.4) is 0 Å². The van der Waals surface area contributed by atoms with Crippen molar-refractivity contribution >= 4 is 11.7 Å². The fourth-order valence-corrected chi connectivity index (χ4v) is 3.12. The Bertz CT molecular complexity index is 569. The number of pyridine rings is 1. The van der Waals surface area contributed by atoms with Gasteiger partial charge in [0.05, 0.1) is 12.2 Å². The smallest absolute Gasteiger partial charge is 0.239 e. The lowest BCUT2D eigenvalue weighted by Crippen LogP contribution is -2.46. The van der Waals surface area contributed by atoms with Gasteiger partial charge in [-0.25, -0.2) is 4.39 Å². The topological polar surface area (TPSA) is 76.3 Å². The summed E-state index contributed by atoms with van der Waals surface area (Å²) in [7, 11) is 0. The highest BCUT2D eigenvalue weighted by molar-refractivity contribution is 5.95. The zero-order chi connectivity index (χ0) is 17.0. The van der Waals surface area contributed by atoms with Gasteiger partial charge in [-0.15, -0.1) is 0 Å². The van der Waals surface area contributed by atoms with Crippen molar-refractivity contribution < 1.29 is 14.0 Å². The standard InChI is InChI=1S/C17H24FN3O2/c1-11(7-16(22)14-8-15(18)10-20-9-14)13-3-5-21(6-4-13)17(23)12(2)19/h8-13H,3-7,19H2,1-2H3/t11?,12-/m0/s1. The number of nitrogens with two attached hydrogens (primary N) is 1. The van der Waals surface area contributed by atoms with E-state index in [1.54, 1.807) is 11.8 Å². The molecule has 1 aromatic rings. The molecular formula is C17H24FN3O2. The first-order chi connectivity index (χ1) is 10.9. The predicted molar refractivity (Wildman–Crippen MR) is 85.3 cm³/mol. The number of likely N-dealkylation sites (tertiary alicyclic amines) is 1. The molecule has 0 bridgehead atoms. The third kappa shape index (κ3) is 4.58. The molecule has 2 atom stereocenters. The van der Waals surface area contributed by atoms with Crippen LogP contribution in [-0.4, -0.2) is 40.7 Å². The van der Waals surface area contributed by atoms with E-state index < -0.39 is 11.9 Å². The first-order valence-corrected chi connectivity index (χ1v) is 8.06. The molecule has 5 nitrogen and oxygen atoms in total. The summed E-state index contributed by atoms with van der Waals surface area (Å²) in [6, 6.07) is 0.761. The molecule has 0 aliphatic carbocycles. The molecule has 1 unspecified atom stereocenters. The number of Topliss-reactive ketones (excluding diaryl/α,β-unsaturated/α-hetero) is 1. The van der Waals surface area contributed by atoms with Crippen molar-refractivity contribution in [1.82, 2.24) is 9.88 Å². The number of aromatic nitrogens is 1. The minimum atomic E-state index is -0.494. The molecule has 2 N–H and O–H groups in total. The van der Waals surface area contributed by atoms with Gasteiger partial charge in [0.15, 0.2) is 5.78 Å². The van der Waals surface area contributed by atoms with E-state index in [0.717, 1.165) is 19.0 Å². The lowest BCUT2D eigenvalue weighted by molar-refractivity contribution is -0.133. The van der Waals surface area contributed by atoms with E-state index in [9.17, 15) is 14.0 Å². The molecular weight excluding hydrogens is 297 g/mol. The molecule has 6 heteroatoms. The molecule has 1 aliphatic heterocycles. The SMILES string of the molecule is CC(CC(=O)c1cncc(F)c1)C1CCN(C(=O)[C@H](C)N)CC1. The van der Waals surface area contributed by atoms with Gasteiger partial charge in [0.2, 0.25) is 5.91 Å². The quantitative estimate of drug-likeness (QED) is 0.842. The number of amides is 1. The number of halogens is 1. The summed E-state index contributed by atoms with van der Waals surface area (Å²) in [4.78, 5) is 29.6. The molecule has 0 radical (unpaired) electrons. The lowest BCUT2D eigenvalue weighted by Gasteiger charge is -2.35. The summed E-state index contributed by atoms with van der Waals surface area (Å²) < 4.78 is 13.1. The average molecular weight is 321 g/mol. The molecule has 2 heterocycles. The highest BCUT2D eigenvalue weighted by Gasteiger charge is 2.28. The van der Waals surface area contributed by atoms with Crippen LogP contribution >= 0.6 is 0 Å². The Kier molecular flexibility index (Phi) is 5.82. The third-order valence-corrected chi connectivity index (χ3v) is 4.58. The molecule has 23 heavy (non-hydrogen) atoms. The van der Waals surface area contributed by atoms with Crippen LogP contribution in [0.5, 0.6) is 0 Å². The van der Waals surface area contributed by atoms with Gasteiger partial charge in [-0.05, 0) is 37.7 Å². The molecule has 2 rings (SSSR count). The number of carbonyl (C=O) groups excluding carboxylic acids is 2. The number of hydrogen-bond donors (Lipinski definition) is 1. The highest BCUT2D eigenvalue weighted by Crippen LogP contribution is 2.28. The first kappa shape index (κ1) is 17.5. The second-order valence-electron chi connectivity index (χ2n) is 6.45. The van der Waals surface area contributed by atoms with Crippen molar-refractivity contribution in [2.24, 2.45) is 17.6 Å². The molecule has 0 spiro atoms. The van der Waals surface area contributed by atoms with E-state index in [1.165, 1.54) is 12.3 Å². The lowest BCUT2D eigenvalue weighted by atomic mass is 9.82. The van der Waals surface area contributed by atoms with Gasteiger partial charge in [-0.3, -0.25) is 14.6 Å². The number of nitrogens with zero attached hydrogens (tertiary/aromatic N) is 2. The monoisotopic (exact) mass is 321 g/mol. The van der Waals surface area contributed by atoms with E-state index in [1.807, 2.05) is 6.92 Å². The van der Waals surface area contributed by atoms with Gasteiger partial charge in [0.25, 0.3) is 0 Å². The Balaban J connectivity index is 1.86. The van der Waals surface area contributed by atoms with Gasteiger partial charge in [-0.2, -0.15) is 0 Å². The van der Waals surface area contributed by atoms with Crippen LogP contribution in [0.2, 0.25) is 0 Å². The van der Waals surface area contributed by atoms with Crippen molar-refractivity contribution in [3.8, 4) is 0 Å². The van der Waals surface area contributed by atoms with E-state index >= 15 is 0 Å². The Labute approximate surface area is 136 Å². The summed E-state index contributed by atoms with van der Waals surface area (Å²) in [5.74, 6) is -0.0150. The summed E-state index contributed by atoms with van der Waals surface area (Å²) in [6.45, 7) is 5.11. The number of rotatable bonds is 5. The zero-order valence-electron chi connectivity index (χ0n) is 13.7. The van der Waals surface area contributed by atoms with Gasteiger partial charge < -0.3 is 10.6 Å². The van der Waals surface area contributed by atoms with Crippen molar-refractivity contribution in [2.75, 3.05) is 13.1 Å². The Morgan fingerprint density at radius 2 is 2.00 bits per heavy atom. The normalized spacial score (nSPS) is 18.5. The summed E-state index contributed by atoms with van der Waals surface area (Å²) in [5.41, 5.74) is 5.95. The van der Waals surface area contributed by atoms with Crippen LogP contribution in [0.25, 0.3) is 0 Å². The van der Waals surface area contributed by atoms with Crippen LogP contribution in [0.15, 0.2) is 18.5 Å². The third-order valence-electron chi connectivity index (χ3n) is 4.58. The zero-order valence-corrected chi connectivity index (χ0v) is 13.7. The van der Waals surface area contributed by atoms with Crippen molar-refractivity contribution in [3.63, 3.8) is 0 Å². The molecule has 1 aliphatic rings. The maximum atomic E-state index is 13.1. The van der Waals surface area contributed by atoms with Crippen LogP contribution in [0.4, 0.5) is 4.39 Å². The van der Waals surface area contributed by atoms with Crippen molar-refractivity contribution in [1.29, 1.82) is 0 Å². The Morgan fingerprint density at radius 3 is 2.57 bits per heavy atom. The Morgan fingerprint density at radius 1 is 1.35 bits per heavy atom. The molecule has 1 amide bonds. The summed E-state index contributed by atoms with van der Waals surface area (Å²) in [5, 5.41) is 0. The fraction of sp³-hybridized carbons (Fsp3) is 0.588. The molecule has 1 aromatic heterocycles. The van der Waals surface area contributed by atoms with Gasteiger partial charge >= 0.3 is 0 Å². The van der Waals surface area contributed by atoms with Crippen molar-refractivity contribution in [3.05, 3.63) is 29.8 Å². The molecule has 1 saturated heterocycles. The average Bonchev–Trinajstić information content (AvgIpc) is 2.54. The van der Waals surface area contributed by atoms with Gasteiger partial charge in [0.1, 0.15) is 5.82 Å².